The molecule has 4 rings (SSSR count). The first-order chi connectivity index (χ1) is 15.5. The summed E-state index contributed by atoms with van der Waals surface area (Å²) in [6.07, 6.45) is 2.24. The Labute approximate surface area is 185 Å². The average Bonchev–Trinajstić information content (AvgIpc) is 2.80. The molecule has 1 atom stereocenters. The lowest BCUT2D eigenvalue weighted by Gasteiger charge is -2.32. The quantitative estimate of drug-likeness (QED) is 0.621. The Bertz CT molecular complexity index is 1200. The summed E-state index contributed by atoms with van der Waals surface area (Å²) in [6, 6.07) is 13.9. The predicted octanol–water partition coefficient (Wildman–Crippen LogP) is 3.06. The molecule has 1 fully saturated rings. The van der Waals surface area contributed by atoms with Gasteiger partial charge in [-0.2, -0.15) is 4.98 Å². The number of amides is 1. The summed E-state index contributed by atoms with van der Waals surface area (Å²) in [5, 5.41) is 3.62. The van der Waals surface area contributed by atoms with Gasteiger partial charge in [-0.3, -0.25) is 9.36 Å². The van der Waals surface area contributed by atoms with E-state index in [4.69, 9.17) is 0 Å². The van der Waals surface area contributed by atoms with Crippen LogP contribution in [0.2, 0.25) is 0 Å². The number of rotatable bonds is 5. The minimum atomic E-state index is -0.451. The highest BCUT2D eigenvalue weighted by molar-refractivity contribution is 5.95. The molecule has 0 aliphatic carbocycles. The molecule has 1 aliphatic rings. The van der Waals surface area contributed by atoms with Crippen molar-refractivity contribution in [2.24, 2.45) is 5.92 Å². The standard InChI is InChI=1S/C24H26N4O4/c1-16-6-5-13-27(14-16)22-19-7-3-4-8-20(19)28(24(31)26-22)15-21(29)25-18-11-9-17(10-12-18)23(30)32-2/h3-4,7-12,16H,5-6,13-15H2,1-2H3,(H,25,29)/t16-/m1/s1. The van der Waals surface area contributed by atoms with Crippen molar-refractivity contribution in [3.05, 3.63) is 64.6 Å². The number of nitrogens with one attached hydrogen (secondary N) is 1. The molecule has 0 radical (unpaired) electrons. The minimum absolute atomic E-state index is 0.165. The number of fused-ring (bicyclic) bond motifs is 1. The lowest BCUT2D eigenvalue weighted by Crippen LogP contribution is -2.38. The van der Waals surface area contributed by atoms with Crippen LogP contribution < -0.4 is 15.9 Å². The summed E-state index contributed by atoms with van der Waals surface area (Å²) < 4.78 is 6.07. The van der Waals surface area contributed by atoms with Crippen LogP contribution in [0, 0.1) is 5.92 Å². The Morgan fingerprint density at radius 2 is 1.91 bits per heavy atom. The number of carbonyl (C=O) groups excluding carboxylic acids is 2. The number of methoxy groups -OCH3 is 1. The van der Waals surface area contributed by atoms with E-state index >= 15 is 0 Å². The number of hydrogen-bond donors (Lipinski definition) is 1. The van der Waals surface area contributed by atoms with Gasteiger partial charge in [0.25, 0.3) is 0 Å². The number of hydrogen-bond acceptors (Lipinski definition) is 6. The van der Waals surface area contributed by atoms with Crippen LogP contribution in [0.5, 0.6) is 0 Å². The molecule has 1 amide bonds. The Morgan fingerprint density at radius 1 is 1.16 bits per heavy atom. The van der Waals surface area contributed by atoms with Gasteiger partial charge >= 0.3 is 11.7 Å². The summed E-state index contributed by atoms with van der Waals surface area (Å²) in [5.41, 5.74) is 1.14. The minimum Gasteiger partial charge on any atom is -0.465 e. The Balaban J connectivity index is 1.59. The lowest BCUT2D eigenvalue weighted by atomic mass is 10.00. The third kappa shape index (κ3) is 4.49. The van der Waals surface area contributed by atoms with Crippen molar-refractivity contribution in [1.82, 2.24) is 9.55 Å². The summed E-state index contributed by atoms with van der Waals surface area (Å²) in [7, 11) is 1.31. The number of nitrogens with zero attached hydrogens (tertiary/aromatic N) is 3. The molecule has 1 aliphatic heterocycles. The number of esters is 1. The van der Waals surface area contributed by atoms with E-state index < -0.39 is 11.7 Å². The molecule has 0 unspecified atom stereocenters. The third-order valence-corrected chi connectivity index (χ3v) is 5.72. The SMILES string of the molecule is COC(=O)c1ccc(NC(=O)Cn2c(=O)nc(N3CCC[C@@H](C)C3)c3ccccc32)cc1. The van der Waals surface area contributed by atoms with Crippen LogP contribution in [0.3, 0.4) is 0 Å². The molecule has 0 spiro atoms. The second kappa shape index (κ2) is 9.21. The summed E-state index contributed by atoms with van der Waals surface area (Å²) in [6.45, 7) is 3.77. The molecule has 3 aromatic rings. The monoisotopic (exact) mass is 434 g/mol. The first-order valence-corrected chi connectivity index (χ1v) is 10.7. The van der Waals surface area contributed by atoms with E-state index in [0.29, 0.717) is 28.5 Å². The van der Waals surface area contributed by atoms with Crippen molar-refractivity contribution in [2.45, 2.75) is 26.3 Å². The molecule has 2 heterocycles. The summed E-state index contributed by atoms with van der Waals surface area (Å²) in [4.78, 5) is 43.7. The molecule has 0 bridgehead atoms. The van der Waals surface area contributed by atoms with E-state index in [9.17, 15) is 14.4 Å². The zero-order valence-electron chi connectivity index (χ0n) is 18.2. The maximum absolute atomic E-state index is 12.9. The fourth-order valence-electron chi connectivity index (χ4n) is 4.14. The molecule has 166 valence electrons. The van der Waals surface area contributed by atoms with Crippen molar-refractivity contribution < 1.29 is 14.3 Å². The van der Waals surface area contributed by atoms with E-state index in [-0.39, 0.29) is 12.5 Å². The smallest absolute Gasteiger partial charge is 0.350 e. The molecular formula is C24H26N4O4. The van der Waals surface area contributed by atoms with Crippen molar-refractivity contribution in [2.75, 3.05) is 30.4 Å². The second-order valence-electron chi connectivity index (χ2n) is 8.13. The van der Waals surface area contributed by atoms with Gasteiger partial charge in [-0.15, -0.1) is 0 Å². The lowest BCUT2D eigenvalue weighted by molar-refractivity contribution is -0.116. The number of carbonyl (C=O) groups is 2. The van der Waals surface area contributed by atoms with Crippen molar-refractivity contribution in [1.29, 1.82) is 0 Å². The fraction of sp³-hybridized carbons (Fsp3) is 0.333. The zero-order chi connectivity index (χ0) is 22.7. The average molecular weight is 434 g/mol. The number of benzene rings is 2. The van der Waals surface area contributed by atoms with Gasteiger partial charge in [0.05, 0.1) is 18.2 Å². The van der Waals surface area contributed by atoms with Gasteiger partial charge in [0, 0.05) is 24.2 Å². The Morgan fingerprint density at radius 3 is 2.62 bits per heavy atom. The van der Waals surface area contributed by atoms with Crippen molar-refractivity contribution >= 4 is 34.3 Å². The first-order valence-electron chi connectivity index (χ1n) is 10.7. The Kier molecular flexibility index (Phi) is 6.20. The largest absolute Gasteiger partial charge is 0.465 e. The molecule has 2 aromatic carbocycles. The van der Waals surface area contributed by atoms with Crippen LogP contribution in [0.15, 0.2) is 53.3 Å². The molecule has 8 nitrogen and oxygen atoms in total. The van der Waals surface area contributed by atoms with Gasteiger partial charge in [-0.05, 0) is 55.2 Å². The van der Waals surface area contributed by atoms with Gasteiger partial charge < -0.3 is 15.0 Å². The summed E-state index contributed by atoms with van der Waals surface area (Å²) in [5.74, 6) is 0.426. The molecular weight excluding hydrogens is 408 g/mol. The van der Waals surface area contributed by atoms with Crippen LogP contribution in [-0.4, -0.2) is 41.6 Å². The van der Waals surface area contributed by atoms with Gasteiger partial charge in [0.15, 0.2) is 0 Å². The number of ether oxygens (including phenoxy) is 1. The third-order valence-electron chi connectivity index (χ3n) is 5.72. The van der Waals surface area contributed by atoms with Crippen molar-refractivity contribution in [3.63, 3.8) is 0 Å². The van der Waals surface area contributed by atoms with Gasteiger partial charge in [0.1, 0.15) is 12.4 Å². The van der Waals surface area contributed by atoms with Crippen LogP contribution >= 0.6 is 0 Å². The topological polar surface area (TPSA) is 93.5 Å². The number of piperidine rings is 1. The highest BCUT2D eigenvalue weighted by Gasteiger charge is 2.22. The van der Waals surface area contributed by atoms with Crippen LogP contribution in [0.1, 0.15) is 30.1 Å². The van der Waals surface area contributed by atoms with Crippen LogP contribution in [0.25, 0.3) is 10.9 Å². The Hall–Kier alpha value is -3.68. The van der Waals surface area contributed by atoms with Gasteiger partial charge in [-0.1, -0.05) is 19.1 Å². The molecule has 0 saturated carbocycles. The highest BCUT2D eigenvalue weighted by atomic mass is 16.5. The number of para-hydroxylation sites is 1. The second-order valence-corrected chi connectivity index (χ2v) is 8.13. The summed E-state index contributed by atoms with van der Waals surface area (Å²) >= 11 is 0. The van der Waals surface area contributed by atoms with Gasteiger partial charge in [-0.25, -0.2) is 9.59 Å². The molecule has 8 heteroatoms. The van der Waals surface area contributed by atoms with Crippen LogP contribution in [0.4, 0.5) is 11.5 Å². The number of aromatic nitrogens is 2. The van der Waals surface area contributed by atoms with E-state index in [1.54, 1.807) is 24.3 Å². The molecule has 1 saturated heterocycles. The maximum atomic E-state index is 12.9. The normalized spacial score (nSPS) is 16.1. The maximum Gasteiger partial charge on any atom is 0.350 e. The molecule has 1 N–H and O–H groups in total. The number of anilines is 2. The molecule has 1 aromatic heterocycles. The van der Waals surface area contributed by atoms with Crippen LogP contribution in [-0.2, 0) is 16.1 Å². The van der Waals surface area contributed by atoms with E-state index in [0.717, 1.165) is 24.9 Å². The van der Waals surface area contributed by atoms with E-state index in [2.05, 4.69) is 26.9 Å². The van der Waals surface area contributed by atoms with E-state index in [1.165, 1.54) is 18.1 Å². The first kappa shape index (κ1) is 21.5. The van der Waals surface area contributed by atoms with E-state index in [1.807, 2.05) is 24.3 Å². The molecule has 32 heavy (non-hydrogen) atoms. The zero-order valence-corrected chi connectivity index (χ0v) is 18.2. The van der Waals surface area contributed by atoms with Gasteiger partial charge in [0.2, 0.25) is 5.91 Å². The predicted molar refractivity (Wildman–Crippen MR) is 123 cm³/mol. The van der Waals surface area contributed by atoms with Crippen molar-refractivity contribution in [3.8, 4) is 0 Å². The fourth-order valence-corrected chi connectivity index (χ4v) is 4.14. The highest BCUT2D eigenvalue weighted by Crippen LogP contribution is 2.27.